The molecule has 1 atom stereocenters. The van der Waals surface area contributed by atoms with Crippen molar-refractivity contribution in [1.29, 1.82) is 0 Å². The third kappa shape index (κ3) is 3.55. The highest BCUT2D eigenvalue weighted by atomic mass is 16.5. The first kappa shape index (κ1) is 17.3. The number of likely N-dealkylation sites (tertiary alicyclic amines) is 1. The van der Waals surface area contributed by atoms with E-state index in [0.717, 1.165) is 36.3 Å². The van der Waals surface area contributed by atoms with Gasteiger partial charge < -0.3 is 9.64 Å². The third-order valence-electron chi connectivity index (χ3n) is 4.81. The number of amides is 1. The van der Waals surface area contributed by atoms with Crippen molar-refractivity contribution in [3.8, 4) is 17.3 Å². The SMILES string of the molecule is C=CC(=O)N1CCC[C@H](COc2nc(-c3cnn(C)c3)cc3nccn23)C1. The van der Waals surface area contributed by atoms with Gasteiger partial charge in [-0.3, -0.25) is 13.9 Å². The van der Waals surface area contributed by atoms with Crippen molar-refractivity contribution >= 4 is 11.6 Å². The molecular weight excluding hydrogens is 344 g/mol. The number of aryl methyl sites for hydroxylation is 1. The summed E-state index contributed by atoms with van der Waals surface area (Å²) in [5, 5.41) is 4.21. The van der Waals surface area contributed by atoms with Crippen molar-refractivity contribution in [2.45, 2.75) is 12.8 Å². The first-order chi connectivity index (χ1) is 13.1. The van der Waals surface area contributed by atoms with Crippen LogP contribution in [0.1, 0.15) is 12.8 Å². The van der Waals surface area contributed by atoms with Crippen LogP contribution in [0.25, 0.3) is 16.9 Å². The highest BCUT2D eigenvalue weighted by Crippen LogP contribution is 2.23. The van der Waals surface area contributed by atoms with E-state index >= 15 is 0 Å². The summed E-state index contributed by atoms with van der Waals surface area (Å²) in [7, 11) is 1.87. The first-order valence-corrected chi connectivity index (χ1v) is 9.01. The van der Waals surface area contributed by atoms with Crippen LogP contribution in [0, 0.1) is 5.92 Å². The van der Waals surface area contributed by atoms with Crippen LogP contribution in [0.15, 0.2) is 43.5 Å². The van der Waals surface area contributed by atoms with E-state index in [9.17, 15) is 4.79 Å². The molecule has 1 saturated heterocycles. The van der Waals surface area contributed by atoms with Crippen LogP contribution in [-0.2, 0) is 11.8 Å². The Morgan fingerprint density at radius 2 is 2.37 bits per heavy atom. The molecule has 0 N–H and O–H groups in total. The predicted octanol–water partition coefficient (Wildman–Crippen LogP) is 1.93. The lowest BCUT2D eigenvalue weighted by Crippen LogP contribution is -2.40. The first-order valence-electron chi connectivity index (χ1n) is 9.01. The Bertz CT molecular complexity index is 976. The Morgan fingerprint density at radius 3 is 3.15 bits per heavy atom. The molecule has 0 aromatic carbocycles. The van der Waals surface area contributed by atoms with Crippen LogP contribution in [0.2, 0.25) is 0 Å². The van der Waals surface area contributed by atoms with Crippen LogP contribution < -0.4 is 4.74 Å². The topological polar surface area (TPSA) is 77.6 Å². The van der Waals surface area contributed by atoms with Crippen LogP contribution in [-0.4, -0.2) is 54.7 Å². The average Bonchev–Trinajstić information content (AvgIpc) is 3.34. The van der Waals surface area contributed by atoms with Crippen molar-refractivity contribution in [3.63, 3.8) is 0 Å². The van der Waals surface area contributed by atoms with Gasteiger partial charge in [-0.2, -0.15) is 10.1 Å². The zero-order valence-corrected chi connectivity index (χ0v) is 15.3. The molecule has 0 aliphatic carbocycles. The molecule has 8 heteroatoms. The molecule has 0 radical (unpaired) electrons. The van der Waals surface area contributed by atoms with Crippen molar-refractivity contribution in [2.75, 3.05) is 19.7 Å². The van der Waals surface area contributed by atoms with E-state index in [4.69, 9.17) is 4.74 Å². The van der Waals surface area contributed by atoms with Gasteiger partial charge in [0.1, 0.15) is 5.65 Å². The summed E-state index contributed by atoms with van der Waals surface area (Å²) >= 11 is 0. The van der Waals surface area contributed by atoms with E-state index in [1.807, 2.05) is 34.8 Å². The molecule has 4 rings (SSSR count). The lowest BCUT2D eigenvalue weighted by Gasteiger charge is -2.31. The Labute approximate surface area is 157 Å². The fourth-order valence-electron chi connectivity index (χ4n) is 3.42. The number of imidazole rings is 1. The summed E-state index contributed by atoms with van der Waals surface area (Å²) in [5.41, 5.74) is 2.45. The van der Waals surface area contributed by atoms with Gasteiger partial charge in [-0.25, -0.2) is 4.98 Å². The highest BCUT2D eigenvalue weighted by molar-refractivity contribution is 5.87. The van der Waals surface area contributed by atoms with Gasteiger partial charge in [0.25, 0.3) is 0 Å². The number of hydrogen-bond acceptors (Lipinski definition) is 5. The third-order valence-corrected chi connectivity index (χ3v) is 4.81. The van der Waals surface area contributed by atoms with Gasteiger partial charge >= 0.3 is 6.01 Å². The molecule has 1 amide bonds. The maximum absolute atomic E-state index is 11.9. The van der Waals surface area contributed by atoms with Gasteiger partial charge in [-0.1, -0.05) is 6.58 Å². The van der Waals surface area contributed by atoms with E-state index in [-0.39, 0.29) is 11.8 Å². The summed E-state index contributed by atoms with van der Waals surface area (Å²) < 4.78 is 9.63. The zero-order chi connectivity index (χ0) is 18.8. The largest absolute Gasteiger partial charge is 0.464 e. The molecule has 4 heterocycles. The number of hydrogen-bond donors (Lipinski definition) is 0. The van der Waals surface area contributed by atoms with Crippen molar-refractivity contribution in [3.05, 3.63) is 43.5 Å². The zero-order valence-electron chi connectivity index (χ0n) is 15.3. The van der Waals surface area contributed by atoms with Crippen molar-refractivity contribution in [2.24, 2.45) is 13.0 Å². The number of carbonyl (C=O) groups excluding carboxylic acids is 1. The highest BCUT2D eigenvalue weighted by Gasteiger charge is 2.23. The minimum atomic E-state index is -0.0200. The van der Waals surface area contributed by atoms with E-state index in [2.05, 4.69) is 21.6 Å². The minimum Gasteiger partial charge on any atom is -0.464 e. The number of aromatic nitrogens is 5. The molecule has 140 valence electrons. The molecule has 0 saturated carbocycles. The number of fused-ring (bicyclic) bond motifs is 1. The number of nitrogens with zero attached hydrogens (tertiary/aromatic N) is 6. The minimum absolute atomic E-state index is 0.0200. The molecular formula is C19H22N6O2. The summed E-state index contributed by atoms with van der Waals surface area (Å²) in [6.45, 7) is 5.53. The molecule has 27 heavy (non-hydrogen) atoms. The summed E-state index contributed by atoms with van der Waals surface area (Å²) in [5.74, 6) is 0.249. The molecule has 0 bridgehead atoms. The number of ether oxygens (including phenoxy) is 1. The van der Waals surface area contributed by atoms with Gasteiger partial charge in [-0.05, 0) is 18.9 Å². The molecule has 3 aromatic rings. The number of piperidine rings is 1. The molecule has 1 aliphatic rings. The summed E-state index contributed by atoms with van der Waals surface area (Å²) in [4.78, 5) is 22.7. The van der Waals surface area contributed by atoms with Crippen LogP contribution in [0.3, 0.4) is 0 Å². The Morgan fingerprint density at radius 1 is 1.48 bits per heavy atom. The second kappa shape index (κ2) is 7.22. The lowest BCUT2D eigenvalue weighted by atomic mass is 9.99. The quantitative estimate of drug-likeness (QED) is 0.645. The Hall–Kier alpha value is -3.16. The molecule has 8 nitrogen and oxygen atoms in total. The van der Waals surface area contributed by atoms with Gasteiger partial charge in [0.15, 0.2) is 0 Å². The fourth-order valence-corrected chi connectivity index (χ4v) is 3.42. The van der Waals surface area contributed by atoms with Gasteiger partial charge in [-0.15, -0.1) is 0 Å². The monoisotopic (exact) mass is 366 g/mol. The molecule has 3 aromatic heterocycles. The molecule has 1 fully saturated rings. The van der Waals surface area contributed by atoms with Gasteiger partial charge in [0.05, 0.1) is 18.5 Å². The molecule has 1 aliphatic heterocycles. The summed E-state index contributed by atoms with van der Waals surface area (Å²) in [6, 6.07) is 2.41. The maximum Gasteiger partial charge on any atom is 0.302 e. The van der Waals surface area contributed by atoms with Crippen molar-refractivity contribution < 1.29 is 9.53 Å². The van der Waals surface area contributed by atoms with Gasteiger partial charge in [0, 0.05) is 56.3 Å². The summed E-state index contributed by atoms with van der Waals surface area (Å²) in [6.07, 6.45) is 10.6. The lowest BCUT2D eigenvalue weighted by molar-refractivity contribution is -0.127. The normalized spacial score (nSPS) is 17.2. The Kier molecular flexibility index (Phi) is 4.62. The second-order valence-corrected chi connectivity index (χ2v) is 6.79. The number of carbonyl (C=O) groups is 1. The van der Waals surface area contributed by atoms with Crippen LogP contribution >= 0.6 is 0 Å². The fraction of sp³-hybridized carbons (Fsp3) is 0.368. The van der Waals surface area contributed by atoms with E-state index in [0.29, 0.717) is 19.2 Å². The van der Waals surface area contributed by atoms with Crippen LogP contribution in [0.4, 0.5) is 0 Å². The van der Waals surface area contributed by atoms with E-state index in [1.165, 1.54) is 6.08 Å². The predicted molar refractivity (Wildman–Crippen MR) is 100 cm³/mol. The average molecular weight is 366 g/mol. The van der Waals surface area contributed by atoms with Crippen LogP contribution in [0.5, 0.6) is 6.01 Å². The van der Waals surface area contributed by atoms with Crippen molar-refractivity contribution in [1.82, 2.24) is 29.0 Å². The maximum atomic E-state index is 11.9. The molecule has 0 spiro atoms. The van der Waals surface area contributed by atoms with Gasteiger partial charge in [0.2, 0.25) is 5.91 Å². The number of rotatable bonds is 5. The van der Waals surface area contributed by atoms with E-state index in [1.54, 1.807) is 17.1 Å². The smallest absolute Gasteiger partial charge is 0.302 e. The van der Waals surface area contributed by atoms with E-state index < -0.39 is 0 Å². The molecule has 0 unspecified atom stereocenters. The standard InChI is InChI=1S/C19H22N6O2/c1-3-18(26)24-7-4-5-14(11-24)13-27-19-22-16(15-10-21-23(2)12-15)9-17-20-6-8-25(17)19/h3,6,8-10,12,14H,1,4-5,7,11,13H2,2H3/t14-/m0/s1. The second-order valence-electron chi connectivity index (χ2n) is 6.79. The Balaban J connectivity index is 1.54.